The molecule has 1 amide bonds. The topological polar surface area (TPSA) is 66.5 Å². The quantitative estimate of drug-likeness (QED) is 0.519. The Bertz CT molecular complexity index is 1020. The second kappa shape index (κ2) is 10.7. The number of rotatable bonds is 9. The van der Waals surface area contributed by atoms with E-state index < -0.39 is 33.6 Å². The fourth-order valence-electron chi connectivity index (χ4n) is 2.65. The standard InChI is InChI=1S/C19H20Cl2F2N2O3S2/c1-12(25(30(2,27)28)15-5-6-17(22)18(23)10-15)19(26)24-7-8-29-11-13-3-4-14(20)9-16(13)21/h3-6,9-10,12H,7-8,11H2,1-2H3,(H,24,26)/t12-/m1/s1. The van der Waals surface area contributed by atoms with Crippen LogP contribution in [-0.2, 0) is 20.6 Å². The Balaban J connectivity index is 1.94. The normalized spacial score (nSPS) is 12.5. The highest BCUT2D eigenvalue weighted by molar-refractivity contribution is 7.98. The van der Waals surface area contributed by atoms with Crippen molar-refractivity contribution >= 4 is 56.6 Å². The second-order valence-electron chi connectivity index (χ2n) is 6.41. The molecule has 1 N–H and O–H groups in total. The van der Waals surface area contributed by atoms with E-state index in [1.54, 1.807) is 12.1 Å². The Morgan fingerprint density at radius 3 is 2.47 bits per heavy atom. The van der Waals surface area contributed by atoms with Gasteiger partial charge in [-0.05, 0) is 36.8 Å². The van der Waals surface area contributed by atoms with Gasteiger partial charge >= 0.3 is 0 Å². The van der Waals surface area contributed by atoms with Crippen LogP contribution in [0.15, 0.2) is 36.4 Å². The molecule has 30 heavy (non-hydrogen) atoms. The predicted octanol–water partition coefficient (Wildman–Crippen LogP) is 4.48. The molecule has 0 aromatic heterocycles. The van der Waals surface area contributed by atoms with Crippen LogP contribution >= 0.6 is 35.0 Å². The maximum absolute atomic E-state index is 13.6. The van der Waals surface area contributed by atoms with Gasteiger partial charge in [0, 0.05) is 34.2 Å². The first kappa shape index (κ1) is 24.7. The average Bonchev–Trinajstić information content (AvgIpc) is 2.64. The number of carbonyl (C=O) groups excluding carboxylic acids is 1. The molecule has 0 radical (unpaired) electrons. The summed E-state index contributed by atoms with van der Waals surface area (Å²) in [5, 5.41) is 3.76. The number of amides is 1. The summed E-state index contributed by atoms with van der Waals surface area (Å²) in [4.78, 5) is 12.5. The molecule has 0 saturated heterocycles. The van der Waals surface area contributed by atoms with Crippen LogP contribution in [0, 0.1) is 11.6 Å². The third-order valence-corrected chi connectivity index (χ3v) is 6.90. The summed E-state index contributed by atoms with van der Waals surface area (Å²) in [5.41, 5.74) is 0.776. The lowest BCUT2D eigenvalue weighted by atomic mass is 10.2. The number of hydrogen-bond donors (Lipinski definition) is 1. The van der Waals surface area contributed by atoms with Gasteiger partial charge in [-0.15, -0.1) is 0 Å². The van der Waals surface area contributed by atoms with Crippen LogP contribution in [0.5, 0.6) is 0 Å². The van der Waals surface area contributed by atoms with Crippen molar-refractivity contribution in [3.63, 3.8) is 0 Å². The van der Waals surface area contributed by atoms with E-state index >= 15 is 0 Å². The van der Waals surface area contributed by atoms with E-state index in [0.717, 1.165) is 34.3 Å². The number of nitrogens with one attached hydrogen (secondary N) is 1. The van der Waals surface area contributed by atoms with Gasteiger partial charge in [-0.2, -0.15) is 11.8 Å². The maximum atomic E-state index is 13.6. The molecule has 0 aliphatic carbocycles. The van der Waals surface area contributed by atoms with Crippen LogP contribution in [0.25, 0.3) is 0 Å². The average molecular weight is 497 g/mol. The first-order chi connectivity index (χ1) is 14.0. The number of thioether (sulfide) groups is 1. The van der Waals surface area contributed by atoms with Gasteiger partial charge < -0.3 is 5.32 Å². The molecule has 0 bridgehead atoms. The van der Waals surface area contributed by atoms with Crippen molar-refractivity contribution in [2.24, 2.45) is 0 Å². The van der Waals surface area contributed by atoms with Crippen LogP contribution < -0.4 is 9.62 Å². The summed E-state index contributed by atoms with van der Waals surface area (Å²) in [7, 11) is -3.92. The molecule has 2 aromatic carbocycles. The molecule has 0 unspecified atom stereocenters. The Morgan fingerprint density at radius 2 is 1.87 bits per heavy atom. The van der Waals surface area contributed by atoms with Gasteiger partial charge in [0.1, 0.15) is 6.04 Å². The molecular formula is C19H20Cl2F2N2O3S2. The smallest absolute Gasteiger partial charge is 0.243 e. The molecule has 0 heterocycles. The predicted molar refractivity (Wildman–Crippen MR) is 119 cm³/mol. The Kier molecular flexibility index (Phi) is 8.78. The molecule has 2 aromatic rings. The summed E-state index contributed by atoms with van der Waals surface area (Å²) in [6.45, 7) is 1.66. The third-order valence-electron chi connectivity index (χ3n) is 4.06. The zero-order chi connectivity index (χ0) is 22.5. The molecule has 0 aliphatic rings. The number of hydrogen-bond acceptors (Lipinski definition) is 4. The number of nitrogens with zero attached hydrogens (tertiary/aromatic N) is 1. The van der Waals surface area contributed by atoms with Crippen LogP contribution in [0.2, 0.25) is 10.0 Å². The van der Waals surface area contributed by atoms with E-state index in [4.69, 9.17) is 23.2 Å². The van der Waals surface area contributed by atoms with E-state index in [2.05, 4.69) is 5.32 Å². The molecule has 1 atom stereocenters. The van der Waals surface area contributed by atoms with E-state index in [-0.39, 0.29) is 12.2 Å². The Morgan fingerprint density at radius 1 is 1.17 bits per heavy atom. The SMILES string of the molecule is C[C@H](C(=O)NCCSCc1ccc(Cl)cc1Cl)N(c1ccc(F)c(F)c1)S(C)(=O)=O. The largest absolute Gasteiger partial charge is 0.353 e. The molecule has 11 heteroatoms. The van der Waals surface area contributed by atoms with Crippen molar-refractivity contribution in [3.8, 4) is 0 Å². The zero-order valence-corrected chi connectivity index (χ0v) is 19.3. The fraction of sp³-hybridized carbons (Fsp3) is 0.316. The molecule has 0 aliphatic heterocycles. The fourth-order valence-corrected chi connectivity index (χ4v) is 5.23. The van der Waals surface area contributed by atoms with Crippen LogP contribution in [0.3, 0.4) is 0 Å². The van der Waals surface area contributed by atoms with E-state index in [1.807, 2.05) is 6.07 Å². The van der Waals surface area contributed by atoms with E-state index in [9.17, 15) is 22.0 Å². The Labute approximate surface area is 188 Å². The van der Waals surface area contributed by atoms with Gasteiger partial charge in [0.05, 0.1) is 11.9 Å². The summed E-state index contributed by atoms with van der Waals surface area (Å²) in [6.07, 6.45) is 0.893. The van der Waals surface area contributed by atoms with E-state index in [0.29, 0.717) is 21.6 Å². The van der Waals surface area contributed by atoms with Gasteiger partial charge in [0.2, 0.25) is 15.9 Å². The van der Waals surface area contributed by atoms with Crippen molar-refractivity contribution in [1.29, 1.82) is 0 Å². The molecule has 5 nitrogen and oxygen atoms in total. The van der Waals surface area contributed by atoms with Gasteiger partial charge in [0.15, 0.2) is 11.6 Å². The lowest BCUT2D eigenvalue weighted by Crippen LogP contribution is -2.48. The van der Waals surface area contributed by atoms with Crippen molar-refractivity contribution in [3.05, 3.63) is 63.6 Å². The summed E-state index contributed by atoms with van der Waals surface area (Å²) in [5.74, 6) is -1.70. The molecule has 2 rings (SSSR count). The molecule has 0 fully saturated rings. The minimum atomic E-state index is -3.92. The van der Waals surface area contributed by atoms with Crippen LogP contribution in [-0.4, -0.2) is 38.9 Å². The number of anilines is 1. The summed E-state index contributed by atoms with van der Waals surface area (Å²) < 4.78 is 51.8. The van der Waals surface area contributed by atoms with Crippen molar-refractivity contribution in [2.75, 3.05) is 22.9 Å². The monoisotopic (exact) mass is 496 g/mol. The molecule has 164 valence electrons. The van der Waals surface area contributed by atoms with Crippen LogP contribution in [0.4, 0.5) is 14.5 Å². The van der Waals surface area contributed by atoms with Crippen LogP contribution in [0.1, 0.15) is 12.5 Å². The number of carbonyl (C=O) groups is 1. The first-order valence-corrected chi connectivity index (χ1v) is 12.5. The minimum Gasteiger partial charge on any atom is -0.353 e. The first-order valence-electron chi connectivity index (χ1n) is 8.74. The number of sulfonamides is 1. The lowest BCUT2D eigenvalue weighted by Gasteiger charge is -2.28. The third kappa shape index (κ3) is 6.73. The molecule has 0 saturated carbocycles. The minimum absolute atomic E-state index is 0.134. The van der Waals surface area contributed by atoms with Crippen molar-refractivity contribution in [1.82, 2.24) is 5.32 Å². The van der Waals surface area contributed by atoms with Crippen molar-refractivity contribution in [2.45, 2.75) is 18.7 Å². The molecular weight excluding hydrogens is 477 g/mol. The number of halogens is 4. The highest BCUT2D eigenvalue weighted by Gasteiger charge is 2.29. The summed E-state index contributed by atoms with van der Waals surface area (Å²) in [6, 6.07) is 6.73. The highest BCUT2D eigenvalue weighted by atomic mass is 35.5. The van der Waals surface area contributed by atoms with Gasteiger partial charge in [0.25, 0.3) is 0 Å². The lowest BCUT2D eigenvalue weighted by molar-refractivity contribution is -0.121. The second-order valence-corrected chi connectivity index (χ2v) is 10.2. The van der Waals surface area contributed by atoms with Crippen molar-refractivity contribution < 1.29 is 22.0 Å². The summed E-state index contributed by atoms with van der Waals surface area (Å²) >= 11 is 13.5. The van der Waals surface area contributed by atoms with Gasteiger partial charge in [-0.1, -0.05) is 29.3 Å². The highest BCUT2D eigenvalue weighted by Crippen LogP contribution is 2.25. The van der Waals surface area contributed by atoms with Gasteiger partial charge in [-0.3, -0.25) is 9.10 Å². The Hall–Kier alpha value is -1.55. The van der Waals surface area contributed by atoms with Gasteiger partial charge in [-0.25, -0.2) is 17.2 Å². The number of benzene rings is 2. The molecule has 0 spiro atoms. The maximum Gasteiger partial charge on any atom is 0.243 e. The van der Waals surface area contributed by atoms with E-state index in [1.165, 1.54) is 18.7 Å². The zero-order valence-electron chi connectivity index (χ0n) is 16.2.